The number of nitrogens with one attached hydrogen (secondary N) is 2. The number of esters is 1. The van der Waals surface area contributed by atoms with Crippen LogP contribution in [0.3, 0.4) is 0 Å². The Morgan fingerprint density at radius 1 is 1.21 bits per heavy atom. The zero-order chi connectivity index (χ0) is 30.3. The number of halogens is 1. The van der Waals surface area contributed by atoms with Gasteiger partial charge in [0.25, 0.3) is 5.56 Å². The topological polar surface area (TPSA) is 175 Å². The molecule has 0 bridgehead atoms. The molecule has 222 valence electrons. The molecule has 3 aliphatic rings. The van der Waals surface area contributed by atoms with E-state index >= 15 is 0 Å². The van der Waals surface area contributed by atoms with Crippen LogP contribution in [-0.4, -0.2) is 52.3 Å². The summed E-state index contributed by atoms with van der Waals surface area (Å²) < 4.78 is 26.7. The van der Waals surface area contributed by atoms with Crippen molar-refractivity contribution in [2.45, 2.75) is 58.9 Å². The van der Waals surface area contributed by atoms with Gasteiger partial charge in [0.05, 0.1) is 41.6 Å². The Bertz CT molecular complexity index is 1690. The maximum atomic E-state index is 14.9. The van der Waals surface area contributed by atoms with E-state index in [0.29, 0.717) is 40.9 Å². The number of nitrogens with two attached hydrogens (primary N) is 1. The Morgan fingerprint density at radius 2 is 1.98 bits per heavy atom. The van der Waals surface area contributed by atoms with Crippen LogP contribution in [0, 0.1) is 12.7 Å². The zero-order valence-electron chi connectivity index (χ0n) is 23.5. The van der Waals surface area contributed by atoms with Crippen molar-refractivity contribution in [1.29, 1.82) is 0 Å². The second kappa shape index (κ2) is 11.6. The van der Waals surface area contributed by atoms with Crippen molar-refractivity contribution in [3.63, 3.8) is 0 Å². The Hall–Kier alpha value is -4.20. The number of nitrogens with zero attached hydrogens (tertiary/aromatic N) is 2. The van der Waals surface area contributed by atoms with E-state index in [-0.39, 0.29) is 44.2 Å². The molecular weight excluding hydrogens is 549 g/mol. The van der Waals surface area contributed by atoms with Gasteiger partial charge in [0.2, 0.25) is 11.8 Å². The minimum absolute atomic E-state index is 0.142. The smallest absolute Gasteiger partial charge is 0.340 e. The lowest BCUT2D eigenvalue weighted by Crippen LogP contribution is -2.37. The highest BCUT2D eigenvalue weighted by molar-refractivity contribution is 5.93. The van der Waals surface area contributed by atoms with Crippen LogP contribution in [0.5, 0.6) is 0 Å². The summed E-state index contributed by atoms with van der Waals surface area (Å²) >= 11 is 0. The number of hydrogen-bond donors (Lipinski definition) is 4. The second-order valence-corrected chi connectivity index (χ2v) is 10.0. The van der Waals surface area contributed by atoms with Gasteiger partial charge in [-0.25, -0.2) is 14.2 Å². The fraction of sp³-hybridized carbons (Fsp3) is 0.414. The van der Waals surface area contributed by atoms with Gasteiger partial charge in [-0.15, -0.1) is 0 Å². The first-order valence-electron chi connectivity index (χ1n) is 13.8. The summed E-state index contributed by atoms with van der Waals surface area (Å²) in [6.45, 7) is 4.91. The minimum Gasteiger partial charge on any atom is -0.458 e. The number of benzene rings is 1. The summed E-state index contributed by atoms with van der Waals surface area (Å²) in [4.78, 5) is 54.3. The molecule has 3 aromatic rings. The molecule has 2 aliphatic heterocycles. The Balaban J connectivity index is 0.00000173. The fourth-order valence-corrected chi connectivity index (χ4v) is 5.83. The molecule has 0 spiro atoms. The number of cyclic esters (lactones) is 1. The van der Waals surface area contributed by atoms with E-state index in [4.69, 9.17) is 20.2 Å². The molecule has 6 rings (SSSR count). The number of pyridine rings is 2. The van der Waals surface area contributed by atoms with Crippen LogP contribution in [-0.2, 0) is 43.4 Å². The van der Waals surface area contributed by atoms with Gasteiger partial charge in [0, 0.05) is 22.6 Å². The van der Waals surface area contributed by atoms with Crippen LogP contribution in [0.1, 0.15) is 65.8 Å². The number of rotatable bonds is 6. The molecule has 0 saturated heterocycles. The molecule has 5 N–H and O–H groups in total. The summed E-state index contributed by atoms with van der Waals surface area (Å²) in [7, 11) is 0. The lowest BCUT2D eigenvalue weighted by atomic mass is 9.81. The van der Waals surface area contributed by atoms with Gasteiger partial charge >= 0.3 is 5.97 Å². The number of fused-ring (bicyclic) bond motifs is 5. The van der Waals surface area contributed by atoms with Crippen molar-refractivity contribution in [2.24, 2.45) is 5.73 Å². The third-order valence-corrected chi connectivity index (χ3v) is 7.77. The number of amides is 2. The number of aliphatic hydroxyl groups is 1. The molecule has 2 atom stereocenters. The largest absolute Gasteiger partial charge is 0.458 e. The maximum Gasteiger partial charge on any atom is 0.340 e. The SMILES string of the molecule is CC.Cc1c(F)cc2nc3c(c4c2c1CCC4NC(=O)COCNC(=O)CN)Cn1c-3cc2c(c1=O)COC(=O)C2O. The van der Waals surface area contributed by atoms with Crippen LogP contribution in [0.4, 0.5) is 4.39 Å². The van der Waals surface area contributed by atoms with Gasteiger partial charge < -0.3 is 35.5 Å². The number of carbonyl (C=O) groups is 3. The molecule has 1 aliphatic carbocycles. The van der Waals surface area contributed by atoms with Gasteiger partial charge in [-0.3, -0.25) is 14.4 Å². The van der Waals surface area contributed by atoms with Crippen LogP contribution < -0.4 is 21.9 Å². The lowest BCUT2D eigenvalue weighted by Gasteiger charge is -2.29. The highest BCUT2D eigenvalue weighted by Crippen LogP contribution is 2.45. The first kappa shape index (κ1) is 29.3. The van der Waals surface area contributed by atoms with Crippen molar-refractivity contribution < 1.29 is 33.4 Å². The number of hydrogen-bond acceptors (Lipinski definition) is 9. The Morgan fingerprint density at radius 3 is 2.71 bits per heavy atom. The quantitative estimate of drug-likeness (QED) is 0.148. The monoisotopic (exact) mass is 581 g/mol. The highest BCUT2D eigenvalue weighted by Gasteiger charge is 2.37. The molecule has 0 saturated carbocycles. The Kier molecular flexibility index (Phi) is 8.08. The summed E-state index contributed by atoms with van der Waals surface area (Å²) in [5.74, 6) is -2.08. The van der Waals surface area contributed by atoms with Gasteiger partial charge in [0.15, 0.2) is 6.10 Å². The molecule has 13 heteroatoms. The molecule has 1 aromatic carbocycles. The van der Waals surface area contributed by atoms with Crippen molar-refractivity contribution in [3.8, 4) is 11.4 Å². The van der Waals surface area contributed by atoms with E-state index in [1.165, 1.54) is 10.6 Å². The average molecular weight is 582 g/mol. The van der Waals surface area contributed by atoms with E-state index < -0.39 is 41.3 Å². The lowest BCUT2D eigenvalue weighted by molar-refractivity contribution is -0.157. The molecule has 42 heavy (non-hydrogen) atoms. The average Bonchev–Trinajstić information content (AvgIpc) is 3.36. The summed E-state index contributed by atoms with van der Waals surface area (Å²) in [5.41, 5.74) is 9.09. The third-order valence-electron chi connectivity index (χ3n) is 7.77. The third kappa shape index (κ3) is 4.82. The van der Waals surface area contributed by atoms with Gasteiger partial charge in [0.1, 0.15) is 25.8 Å². The first-order chi connectivity index (χ1) is 20.2. The van der Waals surface area contributed by atoms with E-state index in [2.05, 4.69) is 10.6 Å². The number of aryl methyl sites for hydroxylation is 1. The summed E-state index contributed by atoms with van der Waals surface area (Å²) in [5, 5.41) is 16.5. The van der Waals surface area contributed by atoms with Gasteiger partial charge in [-0.05, 0) is 42.5 Å². The zero-order valence-corrected chi connectivity index (χ0v) is 23.5. The highest BCUT2D eigenvalue weighted by atomic mass is 19.1. The van der Waals surface area contributed by atoms with Crippen molar-refractivity contribution in [3.05, 3.63) is 61.7 Å². The van der Waals surface area contributed by atoms with Crippen LogP contribution in [0.2, 0.25) is 0 Å². The molecule has 2 unspecified atom stereocenters. The van der Waals surface area contributed by atoms with E-state index in [9.17, 15) is 28.7 Å². The Labute approximate surface area is 240 Å². The first-order valence-corrected chi connectivity index (χ1v) is 13.8. The van der Waals surface area contributed by atoms with E-state index in [1.807, 2.05) is 13.8 Å². The number of aliphatic hydroxyl groups excluding tert-OH is 1. The second-order valence-electron chi connectivity index (χ2n) is 10.0. The van der Waals surface area contributed by atoms with Crippen molar-refractivity contribution in [1.82, 2.24) is 20.2 Å². The van der Waals surface area contributed by atoms with Crippen LogP contribution >= 0.6 is 0 Å². The van der Waals surface area contributed by atoms with Crippen molar-refractivity contribution in [2.75, 3.05) is 19.9 Å². The fourth-order valence-electron chi connectivity index (χ4n) is 5.83. The molecule has 12 nitrogen and oxygen atoms in total. The molecule has 2 aromatic heterocycles. The molecular formula is C29H32FN5O7. The number of carbonyl (C=O) groups excluding carboxylic acids is 3. The molecule has 0 radical (unpaired) electrons. The van der Waals surface area contributed by atoms with Crippen LogP contribution in [0.25, 0.3) is 22.3 Å². The minimum atomic E-state index is -1.60. The number of ether oxygens (including phenoxy) is 2. The van der Waals surface area contributed by atoms with E-state index in [1.54, 1.807) is 13.0 Å². The molecule has 0 fully saturated rings. The summed E-state index contributed by atoms with van der Waals surface area (Å²) in [6.07, 6.45) is -0.626. The number of aromatic nitrogens is 2. The van der Waals surface area contributed by atoms with E-state index in [0.717, 1.165) is 16.5 Å². The van der Waals surface area contributed by atoms with Crippen molar-refractivity contribution >= 4 is 28.7 Å². The standard InChI is InChI=1S/C27H26FN5O7.C2H6/c1-11-12-2-3-17(31-21(35)9-39-10-30-20(34)6-29)23-14-7-33-19(24(14)32-18(22(12)23)5-16(11)28)4-13-15(26(33)37)8-40-27(38)25(13)36;1-2/h4-5,17,25,36H,2-3,6-10,29H2,1H3,(H,30,34)(H,31,35);1-2H3. The van der Waals surface area contributed by atoms with Crippen LogP contribution in [0.15, 0.2) is 16.9 Å². The molecule has 4 heterocycles. The summed E-state index contributed by atoms with van der Waals surface area (Å²) in [6, 6.07) is 2.42. The molecule has 2 amide bonds. The maximum absolute atomic E-state index is 14.9. The van der Waals surface area contributed by atoms with Gasteiger partial charge in [-0.1, -0.05) is 13.8 Å². The predicted octanol–water partition coefficient (Wildman–Crippen LogP) is 1.14. The predicted molar refractivity (Wildman–Crippen MR) is 149 cm³/mol. The van der Waals surface area contributed by atoms with Gasteiger partial charge in [-0.2, -0.15) is 0 Å². The normalized spacial score (nSPS) is 17.8.